The van der Waals surface area contributed by atoms with Gasteiger partial charge in [-0.1, -0.05) is 6.07 Å². The van der Waals surface area contributed by atoms with Crippen LogP contribution < -0.4 is 10.2 Å². The van der Waals surface area contributed by atoms with Gasteiger partial charge in [-0.25, -0.2) is 0 Å². The zero-order valence-electron chi connectivity index (χ0n) is 17.8. The Hall–Kier alpha value is -2.80. The van der Waals surface area contributed by atoms with Crippen LogP contribution in [-0.2, 0) is 9.59 Å². The average molecular weight is 426 g/mol. The van der Waals surface area contributed by atoms with E-state index < -0.39 is 0 Å². The first-order valence-corrected chi connectivity index (χ1v) is 11.1. The van der Waals surface area contributed by atoms with Gasteiger partial charge in [0.1, 0.15) is 6.54 Å². The summed E-state index contributed by atoms with van der Waals surface area (Å²) in [4.78, 5) is 42.1. The molecule has 0 spiro atoms. The molecule has 1 aliphatic heterocycles. The van der Waals surface area contributed by atoms with Gasteiger partial charge in [0.25, 0.3) is 5.91 Å². The number of carbonyl (C=O) groups is 3. The van der Waals surface area contributed by atoms with Crippen LogP contribution in [0.1, 0.15) is 35.3 Å². The van der Waals surface area contributed by atoms with Gasteiger partial charge in [0, 0.05) is 29.2 Å². The number of amides is 3. The van der Waals surface area contributed by atoms with Crippen LogP contribution in [0, 0.1) is 13.8 Å². The fraction of sp³-hybridized carbons (Fsp3) is 0.348. The van der Waals surface area contributed by atoms with Gasteiger partial charge < -0.3 is 15.1 Å². The van der Waals surface area contributed by atoms with Crippen molar-refractivity contribution >= 4 is 40.9 Å². The van der Waals surface area contributed by atoms with Gasteiger partial charge in [-0.3, -0.25) is 14.4 Å². The maximum atomic E-state index is 12.7. The summed E-state index contributed by atoms with van der Waals surface area (Å²) in [6.07, 6.45) is 0. The Morgan fingerprint density at radius 2 is 1.73 bits per heavy atom. The standard InChI is InChI=1S/C23H27N3O3S/c1-5-25(6-2)23(29)17-7-8-20-19(12-17)26(22(28)14-30-20)13-21(27)24-18-10-15(3)9-16(4)11-18/h7-12H,5-6,13-14H2,1-4H3,(H,24,27). The molecule has 2 aromatic rings. The largest absolute Gasteiger partial charge is 0.339 e. The van der Waals surface area contributed by atoms with Crippen LogP contribution in [0.15, 0.2) is 41.3 Å². The number of nitrogens with one attached hydrogen (secondary N) is 1. The van der Waals surface area contributed by atoms with E-state index in [9.17, 15) is 14.4 Å². The summed E-state index contributed by atoms with van der Waals surface area (Å²) in [5.74, 6) is -0.222. The van der Waals surface area contributed by atoms with Gasteiger partial charge in [-0.05, 0) is 69.2 Å². The quantitative estimate of drug-likeness (QED) is 0.763. The molecular weight excluding hydrogens is 398 g/mol. The molecule has 2 aromatic carbocycles. The minimum absolute atomic E-state index is 0.0783. The third-order valence-corrected chi connectivity index (χ3v) is 6.05. The monoisotopic (exact) mass is 425 g/mol. The van der Waals surface area contributed by atoms with E-state index in [-0.39, 0.29) is 30.0 Å². The highest BCUT2D eigenvalue weighted by Crippen LogP contribution is 2.36. The van der Waals surface area contributed by atoms with E-state index in [1.165, 1.54) is 16.7 Å². The molecule has 158 valence electrons. The van der Waals surface area contributed by atoms with E-state index in [0.29, 0.717) is 30.0 Å². The van der Waals surface area contributed by atoms with Crippen LogP contribution in [-0.4, -0.2) is 48.0 Å². The number of rotatable bonds is 6. The molecule has 0 saturated carbocycles. The first-order valence-electron chi connectivity index (χ1n) is 10.1. The van der Waals surface area contributed by atoms with E-state index in [1.807, 2.05) is 52.0 Å². The van der Waals surface area contributed by atoms with E-state index in [4.69, 9.17) is 0 Å². The summed E-state index contributed by atoms with van der Waals surface area (Å²) in [6.45, 7) is 8.94. The maximum Gasteiger partial charge on any atom is 0.253 e. The molecule has 3 amide bonds. The van der Waals surface area contributed by atoms with Crippen molar-refractivity contribution in [2.75, 3.05) is 35.6 Å². The fourth-order valence-electron chi connectivity index (χ4n) is 3.59. The van der Waals surface area contributed by atoms with Gasteiger partial charge in [-0.2, -0.15) is 0 Å². The Morgan fingerprint density at radius 3 is 2.37 bits per heavy atom. The topological polar surface area (TPSA) is 69.7 Å². The molecule has 0 radical (unpaired) electrons. The first kappa shape index (κ1) is 21.9. The van der Waals surface area contributed by atoms with Crippen LogP contribution in [0.3, 0.4) is 0 Å². The smallest absolute Gasteiger partial charge is 0.253 e. The second-order valence-electron chi connectivity index (χ2n) is 7.35. The lowest BCUT2D eigenvalue weighted by molar-refractivity contribution is -0.120. The number of benzene rings is 2. The van der Waals surface area contributed by atoms with Crippen LogP contribution in [0.2, 0.25) is 0 Å². The van der Waals surface area contributed by atoms with Crippen LogP contribution in [0.5, 0.6) is 0 Å². The van der Waals surface area contributed by atoms with Crippen molar-refractivity contribution in [3.63, 3.8) is 0 Å². The van der Waals surface area contributed by atoms with Crippen molar-refractivity contribution in [1.29, 1.82) is 0 Å². The fourth-order valence-corrected chi connectivity index (χ4v) is 4.51. The highest BCUT2D eigenvalue weighted by molar-refractivity contribution is 8.00. The summed E-state index contributed by atoms with van der Waals surface area (Å²) in [5.41, 5.74) is 3.96. The second kappa shape index (κ2) is 9.34. The van der Waals surface area contributed by atoms with Gasteiger partial charge in [0.05, 0.1) is 11.4 Å². The normalized spacial score (nSPS) is 13.1. The molecule has 0 saturated heterocycles. The van der Waals surface area contributed by atoms with E-state index in [2.05, 4.69) is 5.32 Å². The highest BCUT2D eigenvalue weighted by atomic mass is 32.2. The average Bonchev–Trinajstić information content (AvgIpc) is 2.69. The molecule has 0 fully saturated rings. The Bertz CT molecular complexity index is 965. The third-order valence-electron chi connectivity index (χ3n) is 5.01. The van der Waals surface area contributed by atoms with E-state index in [0.717, 1.165) is 16.0 Å². The lowest BCUT2D eigenvalue weighted by Gasteiger charge is -2.29. The minimum Gasteiger partial charge on any atom is -0.339 e. The molecule has 0 aliphatic carbocycles. The molecule has 3 rings (SSSR count). The number of aryl methyl sites for hydroxylation is 2. The van der Waals surface area contributed by atoms with Crippen LogP contribution in [0.4, 0.5) is 11.4 Å². The predicted molar refractivity (Wildman–Crippen MR) is 121 cm³/mol. The number of anilines is 2. The molecule has 0 unspecified atom stereocenters. The summed E-state index contributed by atoms with van der Waals surface area (Å²) in [5, 5.41) is 2.88. The summed E-state index contributed by atoms with van der Waals surface area (Å²) < 4.78 is 0. The third kappa shape index (κ3) is 4.84. The maximum absolute atomic E-state index is 12.7. The lowest BCUT2D eigenvalue weighted by Crippen LogP contribution is -2.41. The lowest BCUT2D eigenvalue weighted by atomic mass is 10.1. The molecule has 30 heavy (non-hydrogen) atoms. The van der Waals surface area contributed by atoms with Crippen molar-refractivity contribution in [3.8, 4) is 0 Å². The predicted octanol–water partition coefficient (Wildman–Crippen LogP) is 3.86. The van der Waals surface area contributed by atoms with Crippen LogP contribution in [0.25, 0.3) is 0 Å². The van der Waals surface area contributed by atoms with Gasteiger partial charge in [0.15, 0.2) is 0 Å². The van der Waals surface area contributed by atoms with Gasteiger partial charge in [0.2, 0.25) is 11.8 Å². The molecule has 6 nitrogen and oxygen atoms in total. The summed E-state index contributed by atoms with van der Waals surface area (Å²) in [7, 11) is 0. The Balaban J connectivity index is 1.84. The summed E-state index contributed by atoms with van der Waals surface area (Å²) in [6, 6.07) is 11.2. The molecule has 1 heterocycles. The summed E-state index contributed by atoms with van der Waals surface area (Å²) >= 11 is 1.43. The molecule has 7 heteroatoms. The SMILES string of the molecule is CCN(CC)C(=O)c1ccc2c(c1)N(CC(=O)Nc1cc(C)cc(C)c1)C(=O)CS2. The molecule has 0 bridgehead atoms. The zero-order valence-corrected chi connectivity index (χ0v) is 18.6. The Morgan fingerprint density at radius 1 is 1.07 bits per heavy atom. The van der Waals surface area contributed by atoms with Crippen molar-refractivity contribution in [2.24, 2.45) is 0 Å². The number of hydrogen-bond acceptors (Lipinski definition) is 4. The van der Waals surface area contributed by atoms with Crippen molar-refractivity contribution < 1.29 is 14.4 Å². The highest BCUT2D eigenvalue weighted by Gasteiger charge is 2.28. The zero-order chi connectivity index (χ0) is 21.8. The Kier molecular flexibility index (Phi) is 6.82. The second-order valence-corrected chi connectivity index (χ2v) is 8.37. The molecule has 1 aliphatic rings. The van der Waals surface area contributed by atoms with Crippen molar-refractivity contribution in [2.45, 2.75) is 32.6 Å². The first-order chi connectivity index (χ1) is 14.3. The number of hydrogen-bond donors (Lipinski definition) is 1. The number of thioether (sulfide) groups is 1. The molecular formula is C23H27N3O3S. The molecule has 1 N–H and O–H groups in total. The molecule has 0 atom stereocenters. The van der Waals surface area contributed by atoms with Crippen molar-refractivity contribution in [1.82, 2.24) is 4.90 Å². The number of nitrogens with zero attached hydrogens (tertiary/aromatic N) is 2. The number of carbonyl (C=O) groups excluding carboxylic acids is 3. The van der Waals surface area contributed by atoms with E-state index >= 15 is 0 Å². The minimum atomic E-state index is -0.272. The van der Waals surface area contributed by atoms with Crippen LogP contribution >= 0.6 is 11.8 Å². The Labute approximate surface area is 181 Å². The number of fused-ring (bicyclic) bond motifs is 1. The van der Waals surface area contributed by atoms with E-state index in [1.54, 1.807) is 17.0 Å². The molecule has 0 aromatic heterocycles. The van der Waals surface area contributed by atoms with Gasteiger partial charge >= 0.3 is 0 Å². The van der Waals surface area contributed by atoms with Crippen molar-refractivity contribution in [3.05, 3.63) is 53.1 Å². The van der Waals surface area contributed by atoms with Gasteiger partial charge in [-0.15, -0.1) is 11.8 Å².